The molecule has 0 fully saturated rings. The van der Waals surface area contributed by atoms with Gasteiger partial charge in [0.25, 0.3) is 0 Å². The minimum Gasteiger partial charge on any atom is -0.497 e. The van der Waals surface area contributed by atoms with E-state index in [4.69, 9.17) is 13.9 Å². The number of rotatable bonds is 4. The molecule has 0 amide bonds. The van der Waals surface area contributed by atoms with Crippen LogP contribution in [0.3, 0.4) is 0 Å². The molecule has 0 saturated carbocycles. The van der Waals surface area contributed by atoms with E-state index in [2.05, 4.69) is 4.98 Å². The van der Waals surface area contributed by atoms with Crippen molar-refractivity contribution in [2.45, 2.75) is 0 Å². The molecular formula is C21H15NO4. The monoisotopic (exact) mass is 345 g/mol. The molecule has 0 aliphatic heterocycles. The Morgan fingerprint density at radius 3 is 2.46 bits per heavy atom. The summed E-state index contributed by atoms with van der Waals surface area (Å²) in [6.07, 6.45) is 1.67. The summed E-state index contributed by atoms with van der Waals surface area (Å²) in [7, 11) is 1.56. The fourth-order valence-electron chi connectivity index (χ4n) is 2.62. The summed E-state index contributed by atoms with van der Waals surface area (Å²) in [5, 5.41) is 0.489. The average molecular weight is 345 g/mol. The third-order valence-electron chi connectivity index (χ3n) is 3.93. The lowest BCUT2D eigenvalue weighted by Gasteiger charge is -2.07. The maximum absolute atomic E-state index is 12.4. The van der Waals surface area contributed by atoms with Crippen molar-refractivity contribution in [1.82, 2.24) is 4.98 Å². The Kier molecular flexibility index (Phi) is 4.11. The summed E-state index contributed by atoms with van der Waals surface area (Å²) in [6, 6.07) is 19.4. The van der Waals surface area contributed by atoms with Gasteiger partial charge in [0.1, 0.15) is 22.8 Å². The Bertz CT molecular complexity index is 1100. The van der Waals surface area contributed by atoms with Crippen molar-refractivity contribution in [3.8, 4) is 28.7 Å². The first-order chi connectivity index (χ1) is 12.7. The van der Waals surface area contributed by atoms with Crippen molar-refractivity contribution in [2.75, 3.05) is 7.11 Å². The lowest BCUT2D eigenvalue weighted by Crippen LogP contribution is -2.00. The number of methoxy groups -OCH3 is 1. The van der Waals surface area contributed by atoms with Crippen LogP contribution in [-0.2, 0) is 0 Å². The van der Waals surface area contributed by atoms with Crippen LogP contribution in [0, 0.1) is 0 Å². The number of pyridine rings is 1. The number of ether oxygens (including phenoxy) is 2. The van der Waals surface area contributed by atoms with Crippen LogP contribution < -0.4 is 14.9 Å². The molecule has 2 aromatic heterocycles. The molecule has 2 heterocycles. The summed E-state index contributed by atoms with van der Waals surface area (Å²) in [4.78, 5) is 16.5. The zero-order valence-electron chi connectivity index (χ0n) is 14.0. The zero-order chi connectivity index (χ0) is 17.9. The quantitative estimate of drug-likeness (QED) is 0.538. The summed E-state index contributed by atoms with van der Waals surface area (Å²) >= 11 is 0. The van der Waals surface area contributed by atoms with E-state index in [1.165, 1.54) is 6.07 Å². The molecule has 0 unspecified atom stereocenters. The van der Waals surface area contributed by atoms with Gasteiger partial charge in [0, 0.05) is 23.9 Å². The first-order valence-electron chi connectivity index (χ1n) is 8.04. The summed E-state index contributed by atoms with van der Waals surface area (Å²) in [6.45, 7) is 0. The molecule has 5 heteroatoms. The Morgan fingerprint density at radius 2 is 1.73 bits per heavy atom. The van der Waals surface area contributed by atoms with E-state index in [9.17, 15) is 4.79 Å². The van der Waals surface area contributed by atoms with E-state index in [1.807, 2.05) is 36.4 Å². The van der Waals surface area contributed by atoms with Crippen molar-refractivity contribution in [3.63, 3.8) is 0 Å². The maximum atomic E-state index is 12.4. The predicted molar refractivity (Wildman–Crippen MR) is 98.8 cm³/mol. The summed E-state index contributed by atoms with van der Waals surface area (Å²) in [5.74, 6) is 2.29. The fourth-order valence-corrected chi connectivity index (χ4v) is 2.62. The second kappa shape index (κ2) is 6.72. The van der Waals surface area contributed by atoms with Crippen LogP contribution in [0.5, 0.6) is 17.4 Å². The Balaban J connectivity index is 1.66. The van der Waals surface area contributed by atoms with Crippen LogP contribution in [0.25, 0.3) is 22.3 Å². The first-order valence-corrected chi connectivity index (χ1v) is 8.04. The number of benzene rings is 2. The van der Waals surface area contributed by atoms with Gasteiger partial charge < -0.3 is 13.9 Å². The van der Waals surface area contributed by atoms with Crippen LogP contribution in [0.2, 0.25) is 0 Å². The van der Waals surface area contributed by atoms with Crippen LogP contribution in [0.4, 0.5) is 0 Å². The number of hydrogen-bond donors (Lipinski definition) is 0. The number of nitrogens with zero attached hydrogens (tertiary/aromatic N) is 1. The molecule has 4 aromatic rings. The van der Waals surface area contributed by atoms with Crippen LogP contribution in [-0.4, -0.2) is 12.1 Å². The maximum Gasteiger partial charge on any atom is 0.219 e. The number of fused-ring (bicyclic) bond motifs is 1. The van der Waals surface area contributed by atoms with Gasteiger partial charge in [-0.25, -0.2) is 4.98 Å². The highest BCUT2D eigenvalue weighted by atomic mass is 16.5. The molecule has 0 radical (unpaired) electrons. The van der Waals surface area contributed by atoms with Crippen LogP contribution >= 0.6 is 0 Å². The van der Waals surface area contributed by atoms with Crippen LogP contribution in [0.1, 0.15) is 0 Å². The van der Waals surface area contributed by atoms with E-state index >= 15 is 0 Å². The standard InChI is InChI=1S/C21H15NO4/c1-24-16-9-10-19-17(12-16)18(23)13-20(26-19)14-5-7-15(8-6-14)25-21-4-2-3-11-22-21/h2-13H,1H3. The molecule has 5 nitrogen and oxygen atoms in total. The zero-order valence-corrected chi connectivity index (χ0v) is 14.0. The SMILES string of the molecule is COc1ccc2oc(-c3ccc(Oc4ccccn4)cc3)cc(=O)c2c1. The minimum absolute atomic E-state index is 0.117. The molecule has 2 aromatic carbocycles. The highest BCUT2D eigenvalue weighted by molar-refractivity contribution is 5.80. The third kappa shape index (κ3) is 3.15. The largest absolute Gasteiger partial charge is 0.497 e. The fraction of sp³-hybridized carbons (Fsp3) is 0.0476. The molecule has 26 heavy (non-hydrogen) atoms. The molecule has 0 saturated heterocycles. The van der Waals surface area contributed by atoms with Gasteiger partial charge >= 0.3 is 0 Å². The lowest BCUT2D eigenvalue weighted by atomic mass is 10.1. The Hall–Kier alpha value is -3.60. The second-order valence-corrected chi connectivity index (χ2v) is 5.63. The van der Waals surface area contributed by atoms with Crippen molar-refractivity contribution in [2.24, 2.45) is 0 Å². The average Bonchev–Trinajstić information content (AvgIpc) is 2.69. The number of hydrogen-bond acceptors (Lipinski definition) is 5. The second-order valence-electron chi connectivity index (χ2n) is 5.63. The van der Waals surface area contributed by atoms with Gasteiger partial charge in [0.2, 0.25) is 5.88 Å². The smallest absolute Gasteiger partial charge is 0.219 e. The van der Waals surface area contributed by atoms with E-state index in [-0.39, 0.29) is 5.43 Å². The van der Waals surface area contributed by atoms with Gasteiger partial charge in [-0.1, -0.05) is 6.07 Å². The topological polar surface area (TPSA) is 61.6 Å². The Morgan fingerprint density at radius 1 is 0.923 bits per heavy atom. The molecule has 0 aliphatic carbocycles. The first kappa shape index (κ1) is 15.9. The molecule has 0 atom stereocenters. The van der Waals surface area contributed by atoms with E-state index in [0.29, 0.717) is 34.1 Å². The van der Waals surface area contributed by atoms with Gasteiger partial charge in [-0.2, -0.15) is 0 Å². The van der Waals surface area contributed by atoms with E-state index in [1.54, 1.807) is 37.6 Å². The molecule has 4 rings (SSSR count). The van der Waals surface area contributed by atoms with E-state index < -0.39 is 0 Å². The molecule has 0 aliphatic rings. The van der Waals surface area contributed by atoms with Crippen molar-refractivity contribution in [3.05, 3.63) is 83.2 Å². The lowest BCUT2D eigenvalue weighted by molar-refractivity contribution is 0.415. The van der Waals surface area contributed by atoms with Crippen molar-refractivity contribution >= 4 is 11.0 Å². The molecule has 0 N–H and O–H groups in total. The summed E-state index contributed by atoms with van der Waals surface area (Å²) in [5.41, 5.74) is 1.18. The summed E-state index contributed by atoms with van der Waals surface area (Å²) < 4.78 is 16.7. The normalized spacial score (nSPS) is 10.7. The van der Waals surface area contributed by atoms with Gasteiger partial charge in [-0.05, 0) is 48.5 Å². The minimum atomic E-state index is -0.117. The third-order valence-corrected chi connectivity index (χ3v) is 3.93. The van der Waals surface area contributed by atoms with Gasteiger partial charge in [0.15, 0.2) is 5.43 Å². The molecule has 0 spiro atoms. The molecule has 128 valence electrons. The molecule has 0 bridgehead atoms. The van der Waals surface area contributed by atoms with Crippen LogP contribution in [0.15, 0.2) is 82.1 Å². The van der Waals surface area contributed by atoms with Gasteiger partial charge in [0.05, 0.1) is 12.5 Å². The highest BCUT2D eigenvalue weighted by Crippen LogP contribution is 2.27. The van der Waals surface area contributed by atoms with Crippen molar-refractivity contribution in [1.29, 1.82) is 0 Å². The Labute approximate surface area is 149 Å². The van der Waals surface area contributed by atoms with Gasteiger partial charge in [-0.15, -0.1) is 0 Å². The van der Waals surface area contributed by atoms with Crippen molar-refractivity contribution < 1.29 is 13.9 Å². The number of aromatic nitrogens is 1. The van der Waals surface area contributed by atoms with E-state index in [0.717, 1.165) is 5.56 Å². The molecular weight excluding hydrogens is 330 g/mol. The predicted octanol–water partition coefficient (Wildman–Crippen LogP) is 4.66. The highest BCUT2D eigenvalue weighted by Gasteiger charge is 2.08. The van der Waals surface area contributed by atoms with Gasteiger partial charge in [-0.3, -0.25) is 4.79 Å².